The first-order chi connectivity index (χ1) is 8.50. The number of likely N-dealkylation sites (tertiary alicyclic amines) is 1. The fraction of sp³-hybridized carbons (Fsp3) is 0.562. The lowest BCUT2D eigenvalue weighted by Crippen LogP contribution is -2.53. The number of carbonyl (C=O) groups is 1. The van der Waals surface area contributed by atoms with E-state index in [-0.39, 0.29) is 17.4 Å². The molecular formula is C16H23NO. The van der Waals surface area contributed by atoms with Crippen molar-refractivity contribution in [3.8, 4) is 0 Å². The maximum Gasteiger partial charge on any atom is 0.179 e. The van der Waals surface area contributed by atoms with Crippen LogP contribution in [0.3, 0.4) is 0 Å². The normalized spacial score (nSPS) is 21.8. The zero-order chi connectivity index (χ0) is 13.2. The maximum atomic E-state index is 12.6. The second-order valence-corrected chi connectivity index (χ2v) is 6.11. The summed E-state index contributed by atoms with van der Waals surface area (Å²) in [5.74, 6) is 0.283. The van der Waals surface area contributed by atoms with Crippen LogP contribution in [0.25, 0.3) is 0 Å². The molecule has 1 aliphatic heterocycles. The van der Waals surface area contributed by atoms with Gasteiger partial charge in [-0.2, -0.15) is 0 Å². The van der Waals surface area contributed by atoms with E-state index in [0.717, 1.165) is 24.9 Å². The van der Waals surface area contributed by atoms with E-state index in [2.05, 4.69) is 25.7 Å². The number of piperidine rings is 1. The molecule has 0 unspecified atom stereocenters. The number of hydrogen-bond donors (Lipinski definition) is 0. The molecule has 1 fully saturated rings. The number of Topliss-reactive ketones (excluding diaryl/α,β-unsaturated/α-hetero) is 1. The van der Waals surface area contributed by atoms with Crippen LogP contribution in [0.5, 0.6) is 0 Å². The van der Waals surface area contributed by atoms with Crippen molar-refractivity contribution in [3.63, 3.8) is 0 Å². The minimum absolute atomic E-state index is 0.0566. The van der Waals surface area contributed by atoms with Crippen LogP contribution in [0.15, 0.2) is 30.3 Å². The van der Waals surface area contributed by atoms with Gasteiger partial charge in [-0.1, -0.05) is 36.8 Å². The molecule has 98 valence electrons. The van der Waals surface area contributed by atoms with Gasteiger partial charge in [0.05, 0.1) is 6.04 Å². The van der Waals surface area contributed by atoms with Crippen molar-refractivity contribution in [2.45, 2.75) is 51.6 Å². The van der Waals surface area contributed by atoms with Gasteiger partial charge in [0.2, 0.25) is 0 Å². The summed E-state index contributed by atoms with van der Waals surface area (Å²) in [5, 5.41) is 0. The number of benzene rings is 1. The van der Waals surface area contributed by atoms with Crippen molar-refractivity contribution >= 4 is 5.78 Å². The number of ketones is 1. The van der Waals surface area contributed by atoms with Crippen molar-refractivity contribution in [2.75, 3.05) is 6.54 Å². The Bertz CT molecular complexity index is 405. The molecule has 1 heterocycles. The summed E-state index contributed by atoms with van der Waals surface area (Å²) in [4.78, 5) is 15.0. The molecule has 1 aliphatic rings. The Morgan fingerprint density at radius 2 is 1.83 bits per heavy atom. The van der Waals surface area contributed by atoms with E-state index in [1.165, 1.54) is 6.42 Å². The van der Waals surface area contributed by atoms with E-state index in [0.29, 0.717) is 0 Å². The second kappa shape index (κ2) is 5.23. The van der Waals surface area contributed by atoms with E-state index in [4.69, 9.17) is 0 Å². The van der Waals surface area contributed by atoms with Gasteiger partial charge in [0, 0.05) is 11.1 Å². The fourth-order valence-corrected chi connectivity index (χ4v) is 2.80. The van der Waals surface area contributed by atoms with Gasteiger partial charge in [-0.15, -0.1) is 0 Å². The Morgan fingerprint density at radius 3 is 2.44 bits per heavy atom. The first kappa shape index (κ1) is 13.3. The average Bonchev–Trinajstić information content (AvgIpc) is 2.38. The van der Waals surface area contributed by atoms with Crippen molar-refractivity contribution < 1.29 is 4.79 Å². The van der Waals surface area contributed by atoms with Crippen molar-refractivity contribution in [3.05, 3.63) is 35.9 Å². The van der Waals surface area contributed by atoms with E-state index < -0.39 is 0 Å². The van der Waals surface area contributed by atoms with Crippen LogP contribution in [0.1, 0.15) is 50.4 Å². The molecule has 0 spiro atoms. The molecule has 0 aromatic heterocycles. The Balaban J connectivity index is 2.22. The van der Waals surface area contributed by atoms with E-state index in [1.807, 2.05) is 30.3 Å². The van der Waals surface area contributed by atoms with Gasteiger partial charge < -0.3 is 0 Å². The quantitative estimate of drug-likeness (QED) is 0.743. The molecule has 0 bridgehead atoms. The molecule has 18 heavy (non-hydrogen) atoms. The lowest BCUT2D eigenvalue weighted by Gasteiger charge is -2.43. The van der Waals surface area contributed by atoms with Gasteiger partial charge in [-0.05, 0) is 40.2 Å². The highest BCUT2D eigenvalue weighted by Crippen LogP contribution is 2.27. The van der Waals surface area contributed by atoms with Crippen LogP contribution in [0, 0.1) is 0 Å². The highest BCUT2D eigenvalue weighted by atomic mass is 16.1. The molecule has 1 atom stereocenters. The van der Waals surface area contributed by atoms with Crippen molar-refractivity contribution in [1.82, 2.24) is 4.90 Å². The Morgan fingerprint density at radius 1 is 1.17 bits per heavy atom. The summed E-state index contributed by atoms with van der Waals surface area (Å²) in [6.07, 6.45) is 3.36. The standard InChI is InChI=1S/C16H23NO/c1-16(2,3)17-12-8-7-11-14(17)15(18)13-9-5-4-6-10-13/h4-6,9-10,14H,7-8,11-12H2,1-3H3/t14-/m0/s1. The summed E-state index contributed by atoms with van der Waals surface area (Å²) in [5.41, 5.74) is 0.911. The Labute approximate surface area is 110 Å². The second-order valence-electron chi connectivity index (χ2n) is 6.11. The van der Waals surface area contributed by atoms with Gasteiger partial charge >= 0.3 is 0 Å². The first-order valence-electron chi connectivity index (χ1n) is 6.86. The molecule has 1 aromatic rings. The number of rotatable bonds is 2. The first-order valence-corrected chi connectivity index (χ1v) is 6.86. The topological polar surface area (TPSA) is 20.3 Å². The van der Waals surface area contributed by atoms with E-state index >= 15 is 0 Å². The predicted molar refractivity (Wildman–Crippen MR) is 74.9 cm³/mol. The SMILES string of the molecule is CC(C)(C)N1CCCC[C@H]1C(=O)c1ccccc1. The highest BCUT2D eigenvalue weighted by molar-refractivity contribution is 6.00. The van der Waals surface area contributed by atoms with Crippen LogP contribution >= 0.6 is 0 Å². The largest absolute Gasteiger partial charge is 0.292 e. The molecule has 2 nitrogen and oxygen atoms in total. The molecule has 1 saturated heterocycles. The van der Waals surface area contributed by atoms with Gasteiger partial charge in [0.1, 0.15) is 0 Å². The summed E-state index contributed by atoms with van der Waals surface area (Å²) in [6.45, 7) is 7.63. The van der Waals surface area contributed by atoms with Crippen molar-refractivity contribution in [2.24, 2.45) is 0 Å². The Kier molecular flexibility index (Phi) is 3.86. The van der Waals surface area contributed by atoms with Crippen LogP contribution in [0.2, 0.25) is 0 Å². The van der Waals surface area contributed by atoms with Gasteiger partial charge in [-0.25, -0.2) is 0 Å². The summed E-state index contributed by atoms with van der Waals surface area (Å²) in [7, 11) is 0. The third-order valence-corrected chi connectivity index (χ3v) is 3.73. The summed E-state index contributed by atoms with van der Waals surface area (Å²) in [6, 6.07) is 9.75. The molecule has 0 N–H and O–H groups in total. The Hall–Kier alpha value is -1.15. The van der Waals surface area contributed by atoms with Gasteiger partial charge in [-0.3, -0.25) is 9.69 Å². The van der Waals surface area contributed by atoms with Crippen LogP contribution in [-0.4, -0.2) is 28.8 Å². The minimum Gasteiger partial charge on any atom is -0.292 e. The zero-order valence-electron chi connectivity index (χ0n) is 11.6. The molecule has 0 amide bonds. The van der Waals surface area contributed by atoms with Gasteiger partial charge in [0.15, 0.2) is 5.78 Å². The zero-order valence-corrected chi connectivity index (χ0v) is 11.6. The maximum absolute atomic E-state index is 12.6. The lowest BCUT2D eigenvalue weighted by molar-refractivity contribution is 0.0417. The lowest BCUT2D eigenvalue weighted by atomic mass is 9.90. The van der Waals surface area contributed by atoms with E-state index in [1.54, 1.807) is 0 Å². The summed E-state index contributed by atoms with van der Waals surface area (Å²) < 4.78 is 0. The number of nitrogens with zero attached hydrogens (tertiary/aromatic N) is 1. The average molecular weight is 245 g/mol. The predicted octanol–water partition coefficient (Wildman–Crippen LogP) is 3.52. The number of hydrogen-bond acceptors (Lipinski definition) is 2. The van der Waals surface area contributed by atoms with Gasteiger partial charge in [0.25, 0.3) is 0 Å². The molecule has 0 radical (unpaired) electrons. The minimum atomic E-state index is 0.0566. The van der Waals surface area contributed by atoms with Crippen LogP contribution < -0.4 is 0 Å². The third kappa shape index (κ3) is 2.81. The summed E-state index contributed by atoms with van der Waals surface area (Å²) >= 11 is 0. The molecule has 2 rings (SSSR count). The molecule has 2 heteroatoms. The third-order valence-electron chi connectivity index (χ3n) is 3.73. The fourth-order valence-electron chi connectivity index (χ4n) is 2.80. The van der Waals surface area contributed by atoms with Crippen LogP contribution in [-0.2, 0) is 0 Å². The number of carbonyl (C=O) groups excluding carboxylic acids is 1. The monoisotopic (exact) mass is 245 g/mol. The highest BCUT2D eigenvalue weighted by Gasteiger charge is 2.35. The molecular weight excluding hydrogens is 222 g/mol. The smallest absolute Gasteiger partial charge is 0.179 e. The van der Waals surface area contributed by atoms with E-state index in [9.17, 15) is 4.79 Å². The van der Waals surface area contributed by atoms with Crippen LogP contribution in [0.4, 0.5) is 0 Å². The molecule has 0 saturated carbocycles. The molecule has 0 aliphatic carbocycles. The molecule has 1 aromatic carbocycles. The van der Waals surface area contributed by atoms with Crippen molar-refractivity contribution in [1.29, 1.82) is 0 Å².